The van der Waals surface area contributed by atoms with Gasteiger partial charge in [0, 0.05) is 0 Å². The zero-order valence-corrected chi connectivity index (χ0v) is 7.30. The van der Waals surface area contributed by atoms with Crippen molar-refractivity contribution >= 4 is 0 Å². The van der Waals surface area contributed by atoms with Crippen LogP contribution in [-0.2, 0) is 0 Å². The van der Waals surface area contributed by atoms with E-state index in [2.05, 4.69) is 13.2 Å². The Morgan fingerprint density at radius 3 is 2.55 bits per heavy atom. The molecule has 0 aliphatic heterocycles. The Kier molecular flexibility index (Phi) is 3.83. The fraction of sp³-hybridized carbons (Fsp3) is 0.400. The molecule has 0 fully saturated rings. The van der Waals surface area contributed by atoms with Crippen molar-refractivity contribution < 1.29 is 5.11 Å². The second-order valence-corrected chi connectivity index (χ2v) is 3.01. The van der Waals surface area contributed by atoms with Gasteiger partial charge in [-0.05, 0) is 20.3 Å². The van der Waals surface area contributed by atoms with Crippen LogP contribution in [0.15, 0.2) is 37.0 Å². The van der Waals surface area contributed by atoms with Crippen LogP contribution in [0.3, 0.4) is 0 Å². The summed E-state index contributed by atoms with van der Waals surface area (Å²) in [6.45, 7) is 10.9. The first kappa shape index (κ1) is 10.2. The van der Waals surface area contributed by atoms with Gasteiger partial charge in [0.1, 0.15) is 0 Å². The standard InChI is InChI=1S/C10H16O/c1-5-10(4,11)8-6-7-9(2)3/h5-7,11H,1-2,8H2,3-4H3/b7-6-/t10-/m0/s1. The van der Waals surface area contributed by atoms with E-state index in [1.54, 1.807) is 6.92 Å². The molecular weight excluding hydrogens is 136 g/mol. The van der Waals surface area contributed by atoms with E-state index in [9.17, 15) is 5.11 Å². The average Bonchev–Trinajstić information content (AvgIpc) is 1.87. The van der Waals surface area contributed by atoms with Gasteiger partial charge < -0.3 is 5.11 Å². The Morgan fingerprint density at radius 1 is 1.64 bits per heavy atom. The van der Waals surface area contributed by atoms with Crippen LogP contribution in [0.5, 0.6) is 0 Å². The van der Waals surface area contributed by atoms with Gasteiger partial charge in [-0.1, -0.05) is 30.4 Å². The summed E-state index contributed by atoms with van der Waals surface area (Å²) >= 11 is 0. The molecular formula is C10H16O. The van der Waals surface area contributed by atoms with Crippen molar-refractivity contribution in [3.05, 3.63) is 37.0 Å². The van der Waals surface area contributed by atoms with E-state index in [1.807, 2.05) is 19.1 Å². The molecule has 0 aromatic rings. The van der Waals surface area contributed by atoms with Crippen LogP contribution in [0, 0.1) is 0 Å². The van der Waals surface area contributed by atoms with E-state index < -0.39 is 5.60 Å². The fourth-order valence-corrected chi connectivity index (χ4v) is 0.582. The molecule has 0 amide bonds. The van der Waals surface area contributed by atoms with Crippen LogP contribution in [0.25, 0.3) is 0 Å². The highest BCUT2D eigenvalue weighted by molar-refractivity contribution is 5.12. The zero-order chi connectivity index (χ0) is 8.91. The molecule has 1 nitrogen and oxygen atoms in total. The lowest BCUT2D eigenvalue weighted by Crippen LogP contribution is -2.18. The first-order valence-electron chi connectivity index (χ1n) is 3.66. The van der Waals surface area contributed by atoms with E-state index in [0.29, 0.717) is 6.42 Å². The summed E-state index contributed by atoms with van der Waals surface area (Å²) in [5.41, 5.74) is 0.205. The molecule has 1 heteroatoms. The summed E-state index contributed by atoms with van der Waals surface area (Å²) in [5.74, 6) is 0. The summed E-state index contributed by atoms with van der Waals surface area (Å²) in [6.07, 6.45) is 5.90. The lowest BCUT2D eigenvalue weighted by atomic mass is 10.0. The van der Waals surface area contributed by atoms with Gasteiger partial charge in [0.2, 0.25) is 0 Å². The van der Waals surface area contributed by atoms with Crippen molar-refractivity contribution in [2.75, 3.05) is 0 Å². The minimum atomic E-state index is -0.786. The summed E-state index contributed by atoms with van der Waals surface area (Å²) < 4.78 is 0. The van der Waals surface area contributed by atoms with Crippen LogP contribution in [0.2, 0.25) is 0 Å². The Morgan fingerprint density at radius 2 is 2.18 bits per heavy atom. The van der Waals surface area contributed by atoms with E-state index >= 15 is 0 Å². The average molecular weight is 152 g/mol. The summed E-state index contributed by atoms with van der Waals surface area (Å²) in [7, 11) is 0. The van der Waals surface area contributed by atoms with Crippen molar-refractivity contribution in [2.24, 2.45) is 0 Å². The van der Waals surface area contributed by atoms with Gasteiger partial charge in [-0.2, -0.15) is 0 Å². The maximum Gasteiger partial charge on any atom is 0.0831 e. The highest BCUT2D eigenvalue weighted by atomic mass is 16.3. The second-order valence-electron chi connectivity index (χ2n) is 3.01. The lowest BCUT2D eigenvalue weighted by molar-refractivity contribution is 0.115. The summed E-state index contributed by atoms with van der Waals surface area (Å²) in [6, 6.07) is 0. The van der Waals surface area contributed by atoms with Crippen LogP contribution in [0.1, 0.15) is 20.3 Å². The first-order valence-corrected chi connectivity index (χ1v) is 3.66. The minimum absolute atomic E-state index is 0.587. The molecule has 62 valence electrons. The molecule has 0 unspecified atom stereocenters. The predicted octanol–water partition coefficient (Wildman–Crippen LogP) is 2.45. The SMILES string of the molecule is C=C[C@](C)(O)C/C=C\C(=C)C. The number of rotatable bonds is 4. The Balaban J connectivity index is 3.87. The maximum absolute atomic E-state index is 9.44. The Labute approximate surface area is 68.7 Å². The van der Waals surface area contributed by atoms with Crippen molar-refractivity contribution in [3.8, 4) is 0 Å². The number of aliphatic hydroxyl groups is 1. The largest absolute Gasteiger partial charge is 0.386 e. The van der Waals surface area contributed by atoms with Crippen LogP contribution < -0.4 is 0 Å². The Bertz CT molecular complexity index is 175. The van der Waals surface area contributed by atoms with Crippen molar-refractivity contribution in [1.29, 1.82) is 0 Å². The third-order valence-corrected chi connectivity index (χ3v) is 1.37. The van der Waals surface area contributed by atoms with Gasteiger partial charge in [0.15, 0.2) is 0 Å². The maximum atomic E-state index is 9.44. The Hall–Kier alpha value is -0.820. The predicted molar refractivity (Wildman–Crippen MR) is 49.4 cm³/mol. The molecule has 0 aliphatic rings. The topological polar surface area (TPSA) is 20.2 Å². The smallest absolute Gasteiger partial charge is 0.0831 e. The first-order chi connectivity index (χ1) is 4.98. The van der Waals surface area contributed by atoms with Crippen LogP contribution >= 0.6 is 0 Å². The van der Waals surface area contributed by atoms with Crippen LogP contribution in [0.4, 0.5) is 0 Å². The molecule has 0 spiro atoms. The molecule has 0 aromatic carbocycles. The molecule has 0 saturated carbocycles. The third-order valence-electron chi connectivity index (χ3n) is 1.37. The number of allylic oxidation sites excluding steroid dienone is 2. The van der Waals surface area contributed by atoms with E-state index in [4.69, 9.17) is 0 Å². The molecule has 11 heavy (non-hydrogen) atoms. The quantitative estimate of drug-likeness (QED) is 0.484. The lowest BCUT2D eigenvalue weighted by Gasteiger charge is -2.14. The van der Waals surface area contributed by atoms with Crippen molar-refractivity contribution in [1.82, 2.24) is 0 Å². The van der Waals surface area contributed by atoms with Gasteiger partial charge in [0.05, 0.1) is 5.60 Å². The molecule has 1 N–H and O–H groups in total. The molecule has 0 aliphatic carbocycles. The highest BCUT2D eigenvalue weighted by Gasteiger charge is 2.11. The zero-order valence-electron chi connectivity index (χ0n) is 7.30. The summed E-state index contributed by atoms with van der Waals surface area (Å²) in [5, 5.41) is 9.44. The number of hydrogen-bond donors (Lipinski definition) is 1. The molecule has 0 aromatic heterocycles. The van der Waals surface area contributed by atoms with Gasteiger partial charge in [-0.25, -0.2) is 0 Å². The third kappa shape index (κ3) is 5.62. The molecule has 0 saturated heterocycles. The number of hydrogen-bond acceptors (Lipinski definition) is 1. The second kappa shape index (κ2) is 4.14. The van der Waals surface area contributed by atoms with Crippen molar-refractivity contribution in [3.63, 3.8) is 0 Å². The van der Waals surface area contributed by atoms with E-state index in [-0.39, 0.29) is 0 Å². The van der Waals surface area contributed by atoms with Gasteiger partial charge >= 0.3 is 0 Å². The fourth-order valence-electron chi connectivity index (χ4n) is 0.582. The molecule has 0 heterocycles. The van der Waals surface area contributed by atoms with Crippen LogP contribution in [-0.4, -0.2) is 10.7 Å². The molecule has 0 radical (unpaired) electrons. The normalized spacial score (nSPS) is 16.3. The van der Waals surface area contributed by atoms with Gasteiger partial charge in [-0.3, -0.25) is 0 Å². The summed E-state index contributed by atoms with van der Waals surface area (Å²) in [4.78, 5) is 0. The van der Waals surface area contributed by atoms with E-state index in [0.717, 1.165) is 5.57 Å². The molecule has 0 bridgehead atoms. The van der Waals surface area contributed by atoms with Gasteiger partial charge in [0.25, 0.3) is 0 Å². The van der Waals surface area contributed by atoms with E-state index in [1.165, 1.54) is 6.08 Å². The monoisotopic (exact) mass is 152 g/mol. The molecule has 1 atom stereocenters. The highest BCUT2D eigenvalue weighted by Crippen LogP contribution is 2.10. The minimum Gasteiger partial charge on any atom is -0.386 e. The molecule has 0 rings (SSSR count). The van der Waals surface area contributed by atoms with Crippen molar-refractivity contribution in [2.45, 2.75) is 25.9 Å². The van der Waals surface area contributed by atoms with Gasteiger partial charge in [-0.15, -0.1) is 6.58 Å².